The van der Waals surface area contributed by atoms with Crippen molar-refractivity contribution < 1.29 is 9.85 Å². The molecule has 3 rings (SSSR count). The number of nitrogens with zero attached hydrogens (tertiary/aromatic N) is 5. The largest absolute Gasteiger partial charge is 0.301 e. The van der Waals surface area contributed by atoms with Crippen molar-refractivity contribution in [1.82, 2.24) is 9.78 Å². The number of aromatic nitrogens is 2. The van der Waals surface area contributed by atoms with Crippen molar-refractivity contribution >= 4 is 46.5 Å². The van der Waals surface area contributed by atoms with Gasteiger partial charge in [0.15, 0.2) is 0 Å². The number of nitro benzene ring substituents is 2. The number of benzene rings is 2. The van der Waals surface area contributed by atoms with Crippen molar-refractivity contribution in [2.75, 3.05) is 5.43 Å². The van der Waals surface area contributed by atoms with E-state index < -0.39 is 21.2 Å². The van der Waals surface area contributed by atoms with Crippen LogP contribution in [0.2, 0.25) is 10.2 Å². The van der Waals surface area contributed by atoms with Crippen LogP contribution in [0.4, 0.5) is 17.1 Å². The molecule has 1 heterocycles. The number of anilines is 1. The van der Waals surface area contributed by atoms with E-state index in [0.717, 1.165) is 17.7 Å². The number of hydrazone groups is 1. The summed E-state index contributed by atoms with van der Waals surface area (Å²) in [4.78, 5) is 20.6. The number of hydrogen-bond donors (Lipinski definition) is 1. The van der Waals surface area contributed by atoms with E-state index in [4.69, 9.17) is 23.2 Å². The molecule has 0 saturated heterocycles. The highest BCUT2D eigenvalue weighted by Gasteiger charge is 2.19. The Bertz CT molecular complexity index is 1140. The second-order valence-electron chi connectivity index (χ2n) is 6.16. The molecule has 0 unspecified atom stereocenters. The molecule has 0 aliphatic carbocycles. The van der Waals surface area contributed by atoms with Crippen LogP contribution in [0, 0.1) is 27.2 Å². The molecule has 0 saturated carbocycles. The molecule has 0 aliphatic heterocycles. The molecule has 0 spiro atoms. The molecule has 3 aromatic rings. The van der Waals surface area contributed by atoms with Gasteiger partial charge in [-0.15, -0.1) is 0 Å². The van der Waals surface area contributed by atoms with Gasteiger partial charge in [0.25, 0.3) is 5.69 Å². The van der Waals surface area contributed by atoms with Gasteiger partial charge in [-0.3, -0.25) is 25.7 Å². The molecule has 0 fully saturated rings. The van der Waals surface area contributed by atoms with Crippen LogP contribution < -0.4 is 5.43 Å². The Labute approximate surface area is 180 Å². The first-order valence-corrected chi connectivity index (χ1v) is 9.21. The minimum Gasteiger partial charge on any atom is -0.272 e. The number of non-ortho nitro benzene ring substituents is 1. The number of halogens is 2. The second kappa shape index (κ2) is 8.89. The number of aryl methyl sites for hydroxylation is 1. The Morgan fingerprint density at radius 1 is 1.13 bits per heavy atom. The summed E-state index contributed by atoms with van der Waals surface area (Å²) in [6, 6.07) is 10.5. The first-order valence-electron chi connectivity index (χ1n) is 8.45. The zero-order chi connectivity index (χ0) is 21.8. The van der Waals surface area contributed by atoms with Crippen LogP contribution in [0.5, 0.6) is 0 Å². The maximum Gasteiger partial charge on any atom is 0.301 e. The van der Waals surface area contributed by atoms with E-state index in [0.29, 0.717) is 28.0 Å². The maximum absolute atomic E-state index is 11.2. The summed E-state index contributed by atoms with van der Waals surface area (Å²) < 4.78 is 1.59. The lowest BCUT2D eigenvalue weighted by atomic mass is 10.2. The summed E-state index contributed by atoms with van der Waals surface area (Å²) in [6.07, 6.45) is 1.38. The molecule has 2 aromatic carbocycles. The van der Waals surface area contributed by atoms with Gasteiger partial charge in [-0.25, -0.2) is 4.68 Å². The number of nitro groups is 2. The summed E-state index contributed by atoms with van der Waals surface area (Å²) in [5.74, 6) is 0. The standard InChI is InChI=1S/C18H14Cl2N6O4/c1-11-15(18(20)24(23-11)10-12-2-4-13(19)5-3-12)9-21-22-16-7-6-14(25(27)28)8-17(16)26(29)30/h2-9,22H,10H2,1H3/b21-9+. The zero-order valence-corrected chi connectivity index (χ0v) is 17.0. The van der Waals surface area contributed by atoms with Crippen LogP contribution in [0.15, 0.2) is 47.6 Å². The summed E-state index contributed by atoms with van der Waals surface area (Å²) >= 11 is 12.3. The van der Waals surface area contributed by atoms with E-state index in [9.17, 15) is 20.2 Å². The highest BCUT2D eigenvalue weighted by atomic mass is 35.5. The molecule has 0 atom stereocenters. The normalized spacial score (nSPS) is 11.0. The van der Waals surface area contributed by atoms with Crippen LogP contribution in [0.25, 0.3) is 0 Å². The van der Waals surface area contributed by atoms with E-state index >= 15 is 0 Å². The molecular formula is C18H14Cl2N6O4. The average Bonchev–Trinajstić information content (AvgIpc) is 2.97. The van der Waals surface area contributed by atoms with Crippen molar-refractivity contribution in [3.63, 3.8) is 0 Å². The molecule has 12 heteroatoms. The van der Waals surface area contributed by atoms with Gasteiger partial charge in [0.1, 0.15) is 10.8 Å². The third kappa shape index (κ3) is 4.73. The summed E-state index contributed by atoms with van der Waals surface area (Å²) in [6.45, 7) is 2.17. The lowest BCUT2D eigenvalue weighted by molar-refractivity contribution is -0.393. The fourth-order valence-corrected chi connectivity index (χ4v) is 3.04. The van der Waals surface area contributed by atoms with Crippen LogP contribution in [0.1, 0.15) is 16.8 Å². The van der Waals surface area contributed by atoms with Gasteiger partial charge in [-0.2, -0.15) is 10.2 Å². The highest BCUT2D eigenvalue weighted by molar-refractivity contribution is 6.32. The SMILES string of the molecule is Cc1nn(Cc2ccc(Cl)cc2)c(Cl)c1/C=N/Nc1ccc([N+](=O)[O-])cc1[N+](=O)[O-]. The Morgan fingerprint density at radius 3 is 2.47 bits per heavy atom. The maximum atomic E-state index is 11.2. The quantitative estimate of drug-likeness (QED) is 0.313. The second-order valence-corrected chi connectivity index (χ2v) is 6.95. The minimum atomic E-state index is -0.729. The fraction of sp³-hybridized carbons (Fsp3) is 0.111. The third-order valence-corrected chi connectivity index (χ3v) is 4.77. The van der Waals surface area contributed by atoms with E-state index in [1.54, 1.807) is 23.7 Å². The lowest BCUT2D eigenvalue weighted by Gasteiger charge is -2.04. The van der Waals surface area contributed by atoms with Crippen LogP contribution in [-0.2, 0) is 6.54 Å². The van der Waals surface area contributed by atoms with Crippen molar-refractivity contribution in [3.8, 4) is 0 Å². The molecule has 30 heavy (non-hydrogen) atoms. The van der Waals surface area contributed by atoms with Gasteiger partial charge in [0.2, 0.25) is 0 Å². The summed E-state index contributed by atoms with van der Waals surface area (Å²) in [5, 5.41) is 31.3. The first kappa shape index (κ1) is 21.2. The Morgan fingerprint density at radius 2 is 1.83 bits per heavy atom. The molecule has 10 nitrogen and oxygen atoms in total. The molecule has 1 aromatic heterocycles. The minimum absolute atomic E-state index is 0.00387. The van der Waals surface area contributed by atoms with Crippen molar-refractivity contribution in [2.24, 2.45) is 5.10 Å². The van der Waals surface area contributed by atoms with E-state index in [2.05, 4.69) is 15.6 Å². The molecule has 1 N–H and O–H groups in total. The van der Waals surface area contributed by atoms with Gasteiger partial charge < -0.3 is 0 Å². The van der Waals surface area contributed by atoms with E-state index in [1.807, 2.05) is 12.1 Å². The van der Waals surface area contributed by atoms with Gasteiger partial charge >= 0.3 is 5.69 Å². The zero-order valence-electron chi connectivity index (χ0n) is 15.5. The van der Waals surface area contributed by atoms with E-state index in [-0.39, 0.29) is 5.69 Å². The smallest absolute Gasteiger partial charge is 0.272 e. The predicted octanol–water partition coefficient (Wildman–Crippen LogP) is 4.81. The lowest BCUT2D eigenvalue weighted by Crippen LogP contribution is -2.02. The molecule has 0 radical (unpaired) electrons. The van der Waals surface area contributed by atoms with Crippen LogP contribution in [0.3, 0.4) is 0 Å². The molecule has 0 aliphatic rings. The Hall–Kier alpha value is -3.50. The Balaban J connectivity index is 1.80. The average molecular weight is 449 g/mol. The molecule has 154 valence electrons. The third-order valence-electron chi connectivity index (χ3n) is 4.12. The van der Waals surface area contributed by atoms with Crippen molar-refractivity contribution in [3.05, 3.63) is 89.7 Å². The van der Waals surface area contributed by atoms with Gasteiger partial charge in [-0.1, -0.05) is 35.3 Å². The fourth-order valence-electron chi connectivity index (χ4n) is 2.63. The molecular weight excluding hydrogens is 435 g/mol. The van der Waals surface area contributed by atoms with Gasteiger partial charge in [-0.05, 0) is 30.7 Å². The number of nitrogens with one attached hydrogen (secondary N) is 1. The van der Waals surface area contributed by atoms with Gasteiger partial charge in [0.05, 0.1) is 39.9 Å². The van der Waals surface area contributed by atoms with Crippen LogP contribution in [-0.4, -0.2) is 25.8 Å². The first-order chi connectivity index (χ1) is 14.3. The van der Waals surface area contributed by atoms with E-state index in [1.165, 1.54) is 12.3 Å². The van der Waals surface area contributed by atoms with Crippen molar-refractivity contribution in [2.45, 2.75) is 13.5 Å². The summed E-state index contributed by atoms with van der Waals surface area (Å²) in [5.41, 5.74) is 3.76. The molecule has 0 amide bonds. The van der Waals surface area contributed by atoms with Crippen LogP contribution >= 0.6 is 23.2 Å². The predicted molar refractivity (Wildman–Crippen MR) is 113 cm³/mol. The Kier molecular flexibility index (Phi) is 6.28. The topological polar surface area (TPSA) is 128 Å². The molecule has 0 bridgehead atoms. The van der Waals surface area contributed by atoms with Crippen molar-refractivity contribution in [1.29, 1.82) is 0 Å². The van der Waals surface area contributed by atoms with Gasteiger partial charge in [0, 0.05) is 11.1 Å². The number of hydrogen-bond acceptors (Lipinski definition) is 7. The number of rotatable bonds is 7. The highest BCUT2D eigenvalue weighted by Crippen LogP contribution is 2.29. The monoisotopic (exact) mass is 448 g/mol. The summed E-state index contributed by atoms with van der Waals surface area (Å²) in [7, 11) is 0.